The molecule has 1 saturated heterocycles. The number of hydrogen-bond acceptors (Lipinski definition) is 6. The first-order valence-corrected chi connectivity index (χ1v) is 9.24. The number of hydrogen-bond donors (Lipinski definition) is 1. The van der Waals surface area contributed by atoms with Crippen LogP contribution in [-0.2, 0) is 18.2 Å². The molecule has 1 amide bonds. The Morgan fingerprint density at radius 2 is 2.00 bits per heavy atom. The van der Waals surface area contributed by atoms with E-state index in [-0.39, 0.29) is 23.7 Å². The molecule has 0 unspecified atom stereocenters. The van der Waals surface area contributed by atoms with Crippen LogP contribution in [0, 0.1) is 0 Å². The lowest BCUT2D eigenvalue weighted by Gasteiger charge is -2.35. The van der Waals surface area contributed by atoms with Gasteiger partial charge in [-0.05, 0) is 13.8 Å². The van der Waals surface area contributed by atoms with Crippen molar-refractivity contribution in [2.45, 2.75) is 32.5 Å². The summed E-state index contributed by atoms with van der Waals surface area (Å²) < 4.78 is 7.31. The lowest BCUT2D eigenvalue weighted by atomic mass is 9.99. The summed E-state index contributed by atoms with van der Waals surface area (Å²) in [5.41, 5.74) is 2.23. The molecule has 0 aliphatic carbocycles. The predicted octanol–water partition coefficient (Wildman–Crippen LogP) is 0.488. The second kappa shape index (κ2) is 6.80. The zero-order valence-electron chi connectivity index (χ0n) is 15.8. The Kier molecular flexibility index (Phi) is 4.47. The van der Waals surface area contributed by atoms with E-state index >= 15 is 0 Å². The number of fused-ring (bicyclic) bond motifs is 1. The first kappa shape index (κ1) is 17.7. The number of H-pyrrole nitrogens is 1. The number of nitrogens with one attached hydrogen (secondary N) is 1. The van der Waals surface area contributed by atoms with E-state index < -0.39 is 0 Å². The van der Waals surface area contributed by atoms with Crippen molar-refractivity contribution < 1.29 is 9.53 Å². The highest BCUT2D eigenvalue weighted by Gasteiger charge is 2.32. The highest BCUT2D eigenvalue weighted by Crippen LogP contribution is 2.30. The topological polar surface area (TPSA) is 96.4 Å². The summed E-state index contributed by atoms with van der Waals surface area (Å²) in [5, 5.41) is 7.26. The van der Waals surface area contributed by atoms with Crippen molar-refractivity contribution in [3.63, 3.8) is 0 Å². The first-order chi connectivity index (χ1) is 13.0. The monoisotopic (exact) mass is 372 g/mol. The fourth-order valence-corrected chi connectivity index (χ4v) is 3.82. The lowest BCUT2D eigenvalue weighted by Crippen LogP contribution is -2.50. The minimum atomic E-state index is -0.123. The van der Waals surface area contributed by atoms with E-state index in [1.54, 1.807) is 24.3 Å². The molecule has 4 rings (SSSR count). The third-order valence-electron chi connectivity index (χ3n) is 5.30. The van der Waals surface area contributed by atoms with E-state index in [1.165, 1.54) is 4.57 Å². The van der Waals surface area contributed by atoms with Crippen molar-refractivity contribution in [2.24, 2.45) is 7.05 Å². The van der Waals surface area contributed by atoms with Crippen LogP contribution >= 0.6 is 0 Å². The molecular weight excluding hydrogens is 348 g/mol. The van der Waals surface area contributed by atoms with Gasteiger partial charge in [0.2, 0.25) is 0 Å². The third-order valence-corrected chi connectivity index (χ3v) is 5.30. The van der Waals surface area contributed by atoms with Gasteiger partial charge >= 0.3 is 0 Å². The molecule has 1 N–H and O–H groups in total. The van der Waals surface area contributed by atoms with Crippen LogP contribution in [0.2, 0.25) is 0 Å². The number of nitrogens with zero attached hydrogens (tertiary/aromatic N) is 5. The molecule has 2 atom stereocenters. The summed E-state index contributed by atoms with van der Waals surface area (Å²) in [6.07, 6.45) is 3.91. The molecule has 4 heterocycles. The van der Waals surface area contributed by atoms with Crippen LogP contribution in [0.4, 0.5) is 5.82 Å². The predicted molar refractivity (Wildman–Crippen MR) is 98.8 cm³/mol. The van der Waals surface area contributed by atoms with Crippen LogP contribution in [0.15, 0.2) is 17.2 Å². The van der Waals surface area contributed by atoms with Crippen molar-refractivity contribution in [1.82, 2.24) is 24.6 Å². The average Bonchev–Trinajstić information content (AvgIpc) is 3.08. The highest BCUT2D eigenvalue weighted by atomic mass is 16.5. The number of aryl methyl sites for hydroxylation is 1. The minimum Gasteiger partial charge on any atom is -0.369 e. The first-order valence-electron chi connectivity index (χ1n) is 9.24. The van der Waals surface area contributed by atoms with E-state index in [0.717, 1.165) is 11.3 Å². The lowest BCUT2D eigenvalue weighted by molar-refractivity contribution is -0.00702. The van der Waals surface area contributed by atoms with Crippen LogP contribution in [0.1, 0.15) is 41.7 Å². The Labute approximate surface area is 156 Å². The van der Waals surface area contributed by atoms with Crippen molar-refractivity contribution >= 4 is 11.7 Å². The largest absolute Gasteiger partial charge is 0.369 e. The van der Waals surface area contributed by atoms with Crippen molar-refractivity contribution in [3.05, 3.63) is 39.7 Å². The van der Waals surface area contributed by atoms with Crippen LogP contribution in [0.3, 0.4) is 0 Å². The van der Waals surface area contributed by atoms with Gasteiger partial charge in [0.05, 0.1) is 17.9 Å². The quantitative estimate of drug-likeness (QED) is 0.824. The number of carbonyl (C=O) groups excluding carboxylic acids is 1. The summed E-state index contributed by atoms with van der Waals surface area (Å²) in [5.74, 6) is 0.367. The molecule has 2 aliphatic rings. The van der Waals surface area contributed by atoms with Gasteiger partial charge in [-0.25, -0.2) is 4.98 Å². The maximum absolute atomic E-state index is 13.0. The van der Waals surface area contributed by atoms with Crippen LogP contribution in [0.5, 0.6) is 0 Å². The van der Waals surface area contributed by atoms with E-state index in [4.69, 9.17) is 4.74 Å². The van der Waals surface area contributed by atoms with Gasteiger partial charge in [-0.3, -0.25) is 14.7 Å². The molecular formula is C18H24N6O3. The van der Waals surface area contributed by atoms with E-state index in [2.05, 4.69) is 15.2 Å². The van der Waals surface area contributed by atoms with Crippen molar-refractivity contribution in [3.8, 4) is 0 Å². The van der Waals surface area contributed by atoms with Crippen LogP contribution < -0.4 is 10.5 Å². The molecule has 0 radical (unpaired) electrons. The molecule has 2 aromatic rings. The van der Waals surface area contributed by atoms with E-state index in [0.29, 0.717) is 44.1 Å². The van der Waals surface area contributed by atoms with Gasteiger partial charge in [0, 0.05) is 57.6 Å². The number of carbonyl (C=O) groups is 1. The normalized spacial score (nSPS) is 22.6. The van der Waals surface area contributed by atoms with Gasteiger partial charge in [0.15, 0.2) is 11.5 Å². The average molecular weight is 372 g/mol. The SMILES string of the molecule is C[C@@H]1Cc2c(C(=O)N3CCN(c4nccn(C)c4=O)CC3)n[nH]c2[C@H](C)O1. The van der Waals surface area contributed by atoms with Gasteiger partial charge in [-0.1, -0.05) is 0 Å². The molecule has 2 aliphatic heterocycles. The Balaban J connectivity index is 1.48. The van der Waals surface area contributed by atoms with E-state index in [1.807, 2.05) is 18.7 Å². The molecule has 9 heteroatoms. The summed E-state index contributed by atoms with van der Waals surface area (Å²) in [7, 11) is 1.71. The zero-order valence-corrected chi connectivity index (χ0v) is 15.8. The molecule has 0 aromatic carbocycles. The molecule has 27 heavy (non-hydrogen) atoms. The van der Waals surface area contributed by atoms with Crippen molar-refractivity contribution in [2.75, 3.05) is 31.1 Å². The second-order valence-corrected chi connectivity index (χ2v) is 7.20. The smallest absolute Gasteiger partial charge is 0.293 e. The number of amides is 1. The van der Waals surface area contributed by atoms with Crippen LogP contribution in [-0.4, -0.2) is 62.8 Å². The number of aromatic amines is 1. The van der Waals surface area contributed by atoms with E-state index in [9.17, 15) is 9.59 Å². The Hall–Kier alpha value is -2.68. The molecule has 144 valence electrons. The minimum absolute atomic E-state index is 0.0638. The fourth-order valence-electron chi connectivity index (χ4n) is 3.82. The summed E-state index contributed by atoms with van der Waals surface area (Å²) in [6, 6.07) is 0. The maximum atomic E-state index is 13.0. The second-order valence-electron chi connectivity index (χ2n) is 7.20. The third kappa shape index (κ3) is 3.12. The number of ether oxygens (including phenoxy) is 1. The van der Waals surface area contributed by atoms with Gasteiger partial charge in [-0.2, -0.15) is 5.10 Å². The number of rotatable bonds is 2. The molecule has 0 bridgehead atoms. The Bertz CT molecular complexity index is 912. The standard InChI is InChI=1S/C18H24N6O3/c1-11-10-13-14(12(2)27-11)20-21-15(13)17(25)24-8-6-23(7-9-24)16-18(26)22(3)5-4-19-16/h4-5,11-12H,6-10H2,1-3H3,(H,20,21)/t11-,12+/m1/s1. The van der Waals surface area contributed by atoms with Gasteiger partial charge < -0.3 is 19.1 Å². The number of piperazine rings is 1. The molecule has 2 aromatic heterocycles. The maximum Gasteiger partial charge on any atom is 0.293 e. The molecule has 0 saturated carbocycles. The summed E-state index contributed by atoms with van der Waals surface area (Å²) in [4.78, 5) is 33.2. The molecule has 1 fully saturated rings. The van der Waals surface area contributed by atoms with Crippen molar-refractivity contribution in [1.29, 1.82) is 0 Å². The van der Waals surface area contributed by atoms with Crippen LogP contribution in [0.25, 0.3) is 0 Å². The Morgan fingerprint density at radius 3 is 2.74 bits per heavy atom. The summed E-state index contributed by atoms with van der Waals surface area (Å²) >= 11 is 0. The molecule has 0 spiro atoms. The fraction of sp³-hybridized carbons (Fsp3) is 0.556. The van der Waals surface area contributed by atoms with Gasteiger partial charge in [0.1, 0.15) is 0 Å². The zero-order chi connectivity index (χ0) is 19.1. The number of anilines is 1. The van der Waals surface area contributed by atoms with Gasteiger partial charge in [-0.15, -0.1) is 0 Å². The Morgan fingerprint density at radius 1 is 1.26 bits per heavy atom. The molecule has 9 nitrogen and oxygen atoms in total. The van der Waals surface area contributed by atoms with Gasteiger partial charge in [0.25, 0.3) is 11.5 Å². The highest BCUT2D eigenvalue weighted by molar-refractivity contribution is 5.94. The number of aromatic nitrogens is 4. The summed E-state index contributed by atoms with van der Waals surface area (Å²) in [6.45, 7) is 6.17.